The van der Waals surface area contributed by atoms with Crippen LogP contribution in [0.4, 0.5) is 10.5 Å². The van der Waals surface area contributed by atoms with E-state index in [2.05, 4.69) is 49.6 Å². The molecular formula is C20H19N7O2S. The van der Waals surface area contributed by atoms with E-state index in [4.69, 9.17) is 0 Å². The van der Waals surface area contributed by atoms with E-state index in [1.807, 2.05) is 12.1 Å². The third kappa shape index (κ3) is 3.55. The first kappa shape index (κ1) is 18.8. The Hall–Kier alpha value is -3.24. The smallest absolute Gasteiger partial charge is 0.290 e. The highest BCUT2D eigenvalue weighted by Crippen LogP contribution is 2.26. The molecule has 0 unspecified atom stereocenters. The predicted molar refractivity (Wildman–Crippen MR) is 115 cm³/mol. The summed E-state index contributed by atoms with van der Waals surface area (Å²) in [6.45, 7) is 4.13. The second kappa shape index (κ2) is 7.54. The summed E-state index contributed by atoms with van der Waals surface area (Å²) in [4.78, 5) is 32.8. The van der Waals surface area contributed by atoms with Crippen LogP contribution in [0.1, 0.15) is 5.69 Å². The number of hydrogen-bond acceptors (Lipinski definition) is 8. The van der Waals surface area contributed by atoms with E-state index < -0.39 is 5.91 Å². The van der Waals surface area contributed by atoms with Crippen molar-refractivity contribution in [1.29, 1.82) is 0 Å². The molecule has 0 bridgehead atoms. The number of amides is 2. The van der Waals surface area contributed by atoms with Gasteiger partial charge in [-0.05, 0) is 61.3 Å². The van der Waals surface area contributed by atoms with Gasteiger partial charge in [0.25, 0.3) is 11.1 Å². The largest absolute Gasteiger partial charge is 0.369 e. The van der Waals surface area contributed by atoms with Crippen LogP contribution in [0.3, 0.4) is 0 Å². The Kier molecular flexibility index (Phi) is 4.72. The van der Waals surface area contributed by atoms with E-state index >= 15 is 0 Å². The van der Waals surface area contributed by atoms with E-state index in [9.17, 15) is 9.59 Å². The molecule has 2 saturated heterocycles. The number of thioether (sulfide) groups is 1. The summed E-state index contributed by atoms with van der Waals surface area (Å²) in [5.41, 5.74) is 3.85. The van der Waals surface area contributed by atoms with Gasteiger partial charge >= 0.3 is 0 Å². The van der Waals surface area contributed by atoms with Crippen LogP contribution < -0.4 is 10.2 Å². The maximum atomic E-state index is 11.8. The normalized spacial score (nSPS) is 19.1. The summed E-state index contributed by atoms with van der Waals surface area (Å²) < 4.78 is 1.68. The number of pyridine rings is 1. The molecule has 2 amide bonds. The Labute approximate surface area is 176 Å². The zero-order valence-corrected chi connectivity index (χ0v) is 17.1. The summed E-state index contributed by atoms with van der Waals surface area (Å²) >= 11 is 0.868. The van der Waals surface area contributed by atoms with E-state index in [0.29, 0.717) is 21.8 Å². The number of carbonyl (C=O) groups is 2. The molecule has 1 aromatic carbocycles. The number of nitrogens with one attached hydrogen (secondary N) is 1. The van der Waals surface area contributed by atoms with Crippen molar-refractivity contribution < 1.29 is 9.59 Å². The number of anilines is 1. The number of fused-ring (bicyclic) bond motifs is 1. The van der Waals surface area contributed by atoms with Crippen molar-refractivity contribution in [3.05, 3.63) is 47.0 Å². The first-order valence-electron chi connectivity index (χ1n) is 9.58. The molecule has 0 aliphatic carbocycles. The van der Waals surface area contributed by atoms with Gasteiger partial charge in [-0.25, -0.2) is 4.98 Å². The van der Waals surface area contributed by atoms with Crippen LogP contribution in [-0.2, 0) is 4.79 Å². The van der Waals surface area contributed by atoms with Crippen molar-refractivity contribution in [3.63, 3.8) is 0 Å². The van der Waals surface area contributed by atoms with E-state index in [1.54, 1.807) is 22.9 Å². The summed E-state index contributed by atoms with van der Waals surface area (Å²) in [7, 11) is 2.14. The van der Waals surface area contributed by atoms with Gasteiger partial charge in [0.05, 0.1) is 16.3 Å². The molecule has 0 spiro atoms. The lowest BCUT2D eigenvalue weighted by Crippen LogP contribution is -2.44. The van der Waals surface area contributed by atoms with E-state index in [-0.39, 0.29) is 5.24 Å². The monoisotopic (exact) mass is 421 g/mol. The van der Waals surface area contributed by atoms with Gasteiger partial charge in [-0.2, -0.15) is 4.68 Å². The fourth-order valence-electron chi connectivity index (χ4n) is 3.50. The number of nitrogens with zero attached hydrogens (tertiary/aromatic N) is 6. The van der Waals surface area contributed by atoms with Gasteiger partial charge < -0.3 is 9.80 Å². The number of likely N-dealkylation sites (N-methyl/N-ethyl adjacent to an activating group) is 1. The molecule has 0 radical (unpaired) electrons. The van der Waals surface area contributed by atoms with Crippen molar-refractivity contribution in [1.82, 2.24) is 30.2 Å². The maximum absolute atomic E-state index is 11.8. The molecule has 5 rings (SSSR count). The van der Waals surface area contributed by atoms with Crippen LogP contribution >= 0.6 is 11.8 Å². The quantitative estimate of drug-likeness (QED) is 0.641. The van der Waals surface area contributed by atoms with Crippen molar-refractivity contribution in [2.45, 2.75) is 0 Å². The first-order valence-corrected chi connectivity index (χ1v) is 10.4. The minimum atomic E-state index is -0.405. The molecule has 2 aliphatic heterocycles. The molecule has 9 nitrogen and oxygen atoms in total. The minimum absolute atomic E-state index is 0.322. The highest BCUT2D eigenvalue weighted by molar-refractivity contribution is 8.18. The van der Waals surface area contributed by atoms with Gasteiger partial charge in [-0.15, -0.1) is 5.10 Å². The van der Waals surface area contributed by atoms with Crippen molar-refractivity contribution >= 4 is 45.8 Å². The molecule has 2 fully saturated rings. The fourth-order valence-corrected chi connectivity index (χ4v) is 4.17. The highest BCUT2D eigenvalue weighted by Gasteiger charge is 2.25. The summed E-state index contributed by atoms with van der Waals surface area (Å²) in [6.07, 6.45) is 1.60. The van der Waals surface area contributed by atoms with E-state index in [1.165, 1.54) is 5.69 Å². The molecule has 1 N–H and O–H groups in total. The molecular weight excluding hydrogens is 402 g/mol. The second-order valence-electron chi connectivity index (χ2n) is 7.24. The number of benzene rings is 1. The first-order chi connectivity index (χ1) is 14.6. The minimum Gasteiger partial charge on any atom is -0.369 e. The molecule has 3 aromatic rings. The summed E-state index contributed by atoms with van der Waals surface area (Å²) in [5.74, 6) is -0.405. The van der Waals surface area contributed by atoms with E-state index in [0.717, 1.165) is 43.6 Å². The molecule has 30 heavy (non-hydrogen) atoms. The van der Waals surface area contributed by atoms with Crippen LogP contribution in [0.5, 0.6) is 0 Å². The molecule has 10 heteroatoms. The van der Waals surface area contributed by atoms with Crippen LogP contribution in [0, 0.1) is 0 Å². The van der Waals surface area contributed by atoms with Gasteiger partial charge in [-0.3, -0.25) is 14.9 Å². The van der Waals surface area contributed by atoms with Gasteiger partial charge in [0.15, 0.2) is 5.65 Å². The topological polar surface area (TPSA) is 96.2 Å². The van der Waals surface area contributed by atoms with Crippen LogP contribution in [0.15, 0.2) is 41.3 Å². The molecule has 152 valence electrons. The molecule has 2 aromatic heterocycles. The summed E-state index contributed by atoms with van der Waals surface area (Å²) in [6, 6.07) is 11.7. The zero-order chi connectivity index (χ0) is 20.7. The van der Waals surface area contributed by atoms with Crippen LogP contribution in [-0.4, -0.2) is 69.3 Å². The molecule has 0 atom stereocenters. The van der Waals surface area contributed by atoms with Crippen LogP contribution in [0.2, 0.25) is 0 Å². The Balaban J connectivity index is 1.44. The fraction of sp³-hybridized carbons (Fsp3) is 0.250. The molecule has 0 saturated carbocycles. The second-order valence-corrected chi connectivity index (χ2v) is 8.25. The Morgan fingerprint density at radius 3 is 2.43 bits per heavy atom. The highest BCUT2D eigenvalue weighted by atomic mass is 32.2. The van der Waals surface area contributed by atoms with Gasteiger partial charge in [0, 0.05) is 31.9 Å². The zero-order valence-electron chi connectivity index (χ0n) is 16.3. The number of hydrogen-bond donors (Lipinski definition) is 1. The number of imide groups is 1. The lowest BCUT2D eigenvalue weighted by molar-refractivity contribution is -0.115. The van der Waals surface area contributed by atoms with Gasteiger partial charge in [-0.1, -0.05) is 5.21 Å². The SMILES string of the molecule is CN1CCN(c2ccc(-n3nnc4ccc(/C=C5\SC(=O)NC5=O)nc43)cc2)CC1. The maximum Gasteiger partial charge on any atom is 0.290 e. The third-order valence-electron chi connectivity index (χ3n) is 5.20. The van der Waals surface area contributed by atoms with Gasteiger partial charge in [0.1, 0.15) is 5.52 Å². The van der Waals surface area contributed by atoms with Gasteiger partial charge in [0.2, 0.25) is 0 Å². The van der Waals surface area contributed by atoms with Crippen molar-refractivity contribution in [2.75, 3.05) is 38.1 Å². The number of carbonyl (C=O) groups excluding carboxylic acids is 2. The Bertz CT molecular complexity index is 1160. The standard InChI is InChI=1S/C20H19N7O2S/c1-25-8-10-26(11-9-25)14-3-5-15(6-4-14)27-18-16(23-24-27)7-2-13(21-18)12-17-19(28)22-20(29)30-17/h2-7,12H,8-11H2,1H3,(H,22,28,29)/b17-12-. The molecule has 2 aliphatic rings. The van der Waals surface area contributed by atoms with Crippen molar-refractivity contribution in [2.24, 2.45) is 0 Å². The van der Waals surface area contributed by atoms with Crippen LogP contribution in [0.25, 0.3) is 22.9 Å². The summed E-state index contributed by atoms with van der Waals surface area (Å²) in [5, 5.41) is 10.3. The molecule has 4 heterocycles. The van der Waals surface area contributed by atoms with Crippen molar-refractivity contribution in [3.8, 4) is 5.69 Å². The number of rotatable bonds is 3. The number of piperazine rings is 1. The average Bonchev–Trinajstić information content (AvgIpc) is 3.31. The lowest BCUT2D eigenvalue weighted by atomic mass is 10.2. The third-order valence-corrected chi connectivity index (χ3v) is 6.01. The number of aromatic nitrogens is 4. The Morgan fingerprint density at radius 1 is 1.00 bits per heavy atom. The predicted octanol–water partition coefficient (Wildman–Crippen LogP) is 1.89. The Morgan fingerprint density at radius 2 is 1.73 bits per heavy atom. The average molecular weight is 421 g/mol. The lowest BCUT2D eigenvalue weighted by Gasteiger charge is -2.34.